The van der Waals surface area contributed by atoms with Crippen molar-refractivity contribution >= 4 is 11.1 Å². The lowest BCUT2D eigenvalue weighted by atomic mass is 9.96. The average molecular weight is 641 g/mol. The van der Waals surface area contributed by atoms with Gasteiger partial charge in [-0.05, 0) is 113 Å². The number of hydrogen-bond acceptors (Lipinski definition) is 0. The second-order valence-electron chi connectivity index (χ2n) is 12.0. The first-order valence-electron chi connectivity index (χ1n) is 17.5. The SMILES string of the molecule is C=C(C)c1cccc(C)c1.C=C/C(C)=C(C)/C=C(\C=C(C)C)c1ccccc1C.CC.CCc1cccc(CC)c1.Cc1ccccc1. The fraction of sp³-hybridized carbons (Fsp3) is 0.292. The Labute approximate surface area is 296 Å². The van der Waals surface area contributed by atoms with E-state index in [-0.39, 0.29) is 0 Å². The minimum atomic E-state index is 1.13. The van der Waals surface area contributed by atoms with Gasteiger partial charge >= 0.3 is 0 Å². The van der Waals surface area contributed by atoms with Gasteiger partial charge in [-0.1, -0.05) is 184 Å². The molecule has 0 aromatic heterocycles. The van der Waals surface area contributed by atoms with E-state index in [9.17, 15) is 0 Å². The lowest BCUT2D eigenvalue weighted by Gasteiger charge is -2.09. The van der Waals surface area contributed by atoms with Crippen molar-refractivity contribution in [1.82, 2.24) is 0 Å². The number of aryl methyl sites for hydroxylation is 5. The molecule has 0 heteroatoms. The average Bonchev–Trinajstić information content (AvgIpc) is 3.09. The van der Waals surface area contributed by atoms with Crippen molar-refractivity contribution in [2.75, 3.05) is 0 Å². The molecule has 0 nitrogen and oxygen atoms in total. The first kappa shape index (κ1) is 43.6. The van der Waals surface area contributed by atoms with Crippen molar-refractivity contribution in [1.29, 1.82) is 0 Å². The molecule has 0 amide bonds. The van der Waals surface area contributed by atoms with Crippen LogP contribution in [0.25, 0.3) is 11.1 Å². The minimum Gasteiger partial charge on any atom is -0.0988 e. The predicted molar refractivity (Wildman–Crippen MR) is 221 cm³/mol. The van der Waals surface area contributed by atoms with Crippen molar-refractivity contribution in [2.24, 2.45) is 0 Å². The highest BCUT2D eigenvalue weighted by Crippen LogP contribution is 2.24. The summed E-state index contributed by atoms with van der Waals surface area (Å²) in [7, 11) is 0. The molecule has 0 fully saturated rings. The van der Waals surface area contributed by atoms with Gasteiger partial charge in [0.15, 0.2) is 0 Å². The van der Waals surface area contributed by atoms with Crippen molar-refractivity contribution in [2.45, 2.75) is 95.9 Å². The van der Waals surface area contributed by atoms with E-state index in [1.807, 2.05) is 45.0 Å². The van der Waals surface area contributed by atoms with E-state index in [1.165, 1.54) is 61.2 Å². The Balaban J connectivity index is 0.000000646. The van der Waals surface area contributed by atoms with Gasteiger partial charge in [0.05, 0.1) is 0 Å². The normalized spacial score (nSPS) is 10.5. The largest absolute Gasteiger partial charge is 0.0988 e. The van der Waals surface area contributed by atoms with E-state index in [4.69, 9.17) is 0 Å². The molecule has 256 valence electrons. The van der Waals surface area contributed by atoms with Crippen LogP contribution in [0.3, 0.4) is 0 Å². The van der Waals surface area contributed by atoms with Gasteiger partial charge in [-0.25, -0.2) is 0 Å². The molecule has 4 rings (SSSR count). The summed E-state index contributed by atoms with van der Waals surface area (Å²) < 4.78 is 0. The molecule has 0 radical (unpaired) electrons. The molecule has 0 aliphatic rings. The molecule has 0 aliphatic carbocycles. The van der Waals surface area contributed by atoms with Crippen LogP contribution in [0.5, 0.6) is 0 Å². The zero-order valence-corrected chi connectivity index (χ0v) is 32.4. The molecular weight excluding hydrogens is 577 g/mol. The fourth-order valence-corrected chi connectivity index (χ4v) is 4.43. The van der Waals surface area contributed by atoms with Gasteiger partial charge in [0.2, 0.25) is 0 Å². The third-order valence-electron chi connectivity index (χ3n) is 7.46. The standard InChI is InChI=1S/C19H24.C10H12.C10H14.C7H8.C2H6/c1-7-15(4)17(6)13-18(12-14(2)3)19-11-9-8-10-16(19)5;1-8(2)10-6-4-5-9(3)7-10;1-3-9-6-5-7-10(4-2)8-9;1-7-5-3-2-4-6-7;1-2/h7-13H,1H2,2-6H3;4-7H,1H2,2-3H3;5-8H,3-4H2,1-2H3;2-6H,1H3;1-2H3/b17-15+,18-13+;;;;. The molecule has 0 aliphatic heterocycles. The summed E-state index contributed by atoms with van der Waals surface area (Å²) in [4.78, 5) is 0. The molecule has 0 bridgehead atoms. The first-order chi connectivity index (χ1) is 22.9. The second kappa shape index (κ2) is 25.6. The zero-order valence-electron chi connectivity index (χ0n) is 32.4. The van der Waals surface area contributed by atoms with E-state index >= 15 is 0 Å². The Bertz CT molecular complexity index is 1560. The summed E-state index contributed by atoms with van der Waals surface area (Å²) in [6.45, 7) is 32.9. The molecule has 0 N–H and O–H groups in total. The van der Waals surface area contributed by atoms with E-state index in [0.29, 0.717) is 0 Å². The lowest BCUT2D eigenvalue weighted by Crippen LogP contribution is -1.88. The highest BCUT2D eigenvalue weighted by Gasteiger charge is 2.03. The van der Waals surface area contributed by atoms with Gasteiger partial charge in [-0.2, -0.15) is 0 Å². The maximum absolute atomic E-state index is 3.87. The van der Waals surface area contributed by atoms with Gasteiger partial charge < -0.3 is 0 Å². The van der Waals surface area contributed by atoms with Gasteiger partial charge in [0.25, 0.3) is 0 Å². The number of hydrogen-bond donors (Lipinski definition) is 0. The van der Waals surface area contributed by atoms with E-state index < -0.39 is 0 Å². The van der Waals surface area contributed by atoms with Crippen LogP contribution < -0.4 is 0 Å². The summed E-state index contributed by atoms with van der Waals surface area (Å²) in [5, 5.41) is 0. The predicted octanol–water partition coefficient (Wildman–Crippen LogP) is 14.7. The quantitative estimate of drug-likeness (QED) is 0.176. The van der Waals surface area contributed by atoms with Crippen LogP contribution in [0.2, 0.25) is 0 Å². The Kier molecular flexibility index (Phi) is 23.3. The molecule has 4 aromatic rings. The van der Waals surface area contributed by atoms with Crippen molar-refractivity contribution in [3.8, 4) is 0 Å². The van der Waals surface area contributed by atoms with Crippen molar-refractivity contribution in [3.05, 3.63) is 190 Å². The van der Waals surface area contributed by atoms with Gasteiger partial charge in [-0.3, -0.25) is 0 Å². The zero-order chi connectivity index (χ0) is 36.5. The van der Waals surface area contributed by atoms with Crippen LogP contribution in [-0.2, 0) is 12.8 Å². The van der Waals surface area contributed by atoms with E-state index in [0.717, 1.165) is 18.4 Å². The van der Waals surface area contributed by atoms with Crippen LogP contribution in [0.4, 0.5) is 0 Å². The fourth-order valence-electron chi connectivity index (χ4n) is 4.43. The summed E-state index contributed by atoms with van der Waals surface area (Å²) in [5.41, 5.74) is 15.5. The van der Waals surface area contributed by atoms with Gasteiger partial charge in [0.1, 0.15) is 0 Å². The highest BCUT2D eigenvalue weighted by molar-refractivity contribution is 5.78. The number of benzene rings is 4. The maximum atomic E-state index is 3.87. The third-order valence-corrected chi connectivity index (χ3v) is 7.46. The van der Waals surface area contributed by atoms with Crippen molar-refractivity contribution < 1.29 is 0 Å². The van der Waals surface area contributed by atoms with Crippen molar-refractivity contribution in [3.63, 3.8) is 0 Å². The number of rotatable bonds is 7. The molecule has 0 spiro atoms. The van der Waals surface area contributed by atoms with E-state index in [1.54, 1.807) is 0 Å². The lowest BCUT2D eigenvalue weighted by molar-refractivity contribution is 1.09. The Morgan fingerprint density at radius 3 is 1.52 bits per heavy atom. The van der Waals surface area contributed by atoms with Crippen LogP contribution in [0.15, 0.2) is 151 Å². The number of allylic oxidation sites excluding steroid dienone is 8. The molecule has 0 heterocycles. The van der Waals surface area contributed by atoms with Crippen LogP contribution in [-0.4, -0.2) is 0 Å². The molecule has 0 unspecified atom stereocenters. The summed E-state index contributed by atoms with van der Waals surface area (Å²) in [6, 6.07) is 35.9. The summed E-state index contributed by atoms with van der Waals surface area (Å²) >= 11 is 0. The summed E-state index contributed by atoms with van der Waals surface area (Å²) in [6.07, 6.45) is 8.68. The molecule has 0 saturated carbocycles. The molecular formula is C48H64. The van der Waals surface area contributed by atoms with Crippen LogP contribution in [0, 0.1) is 20.8 Å². The van der Waals surface area contributed by atoms with Gasteiger partial charge in [-0.15, -0.1) is 0 Å². The topological polar surface area (TPSA) is 0 Å². The highest BCUT2D eigenvalue weighted by atomic mass is 14.1. The molecule has 0 atom stereocenters. The third kappa shape index (κ3) is 18.7. The Morgan fingerprint density at radius 2 is 1.10 bits per heavy atom. The van der Waals surface area contributed by atoms with Gasteiger partial charge in [0, 0.05) is 0 Å². The first-order valence-corrected chi connectivity index (χ1v) is 17.5. The second-order valence-corrected chi connectivity index (χ2v) is 12.0. The maximum Gasteiger partial charge on any atom is -0.0155 e. The Hall–Kier alpha value is -4.42. The molecule has 0 saturated heterocycles. The summed E-state index contributed by atoms with van der Waals surface area (Å²) in [5.74, 6) is 0. The molecule has 4 aromatic carbocycles. The Morgan fingerprint density at radius 1 is 0.583 bits per heavy atom. The smallest absolute Gasteiger partial charge is 0.0155 e. The van der Waals surface area contributed by atoms with E-state index in [2.05, 4.69) is 173 Å². The molecule has 48 heavy (non-hydrogen) atoms. The van der Waals surface area contributed by atoms with Crippen LogP contribution in [0.1, 0.15) is 101 Å². The monoisotopic (exact) mass is 641 g/mol. The van der Waals surface area contributed by atoms with Crippen LogP contribution >= 0.6 is 0 Å². The minimum absolute atomic E-state index is 1.13.